The normalized spacial score (nSPS) is 16.7. The van der Waals surface area contributed by atoms with Crippen molar-refractivity contribution in [2.45, 2.75) is 63.6 Å². The Bertz CT molecular complexity index is 1410. The number of nitrogens with zero attached hydrogens (tertiary/aromatic N) is 3. The van der Waals surface area contributed by atoms with Crippen LogP contribution in [0, 0.1) is 13.8 Å². The van der Waals surface area contributed by atoms with Gasteiger partial charge < -0.3 is 14.7 Å². The Kier molecular flexibility index (Phi) is 6.37. The number of carbonyl (C=O) groups is 2. The summed E-state index contributed by atoms with van der Waals surface area (Å²) in [4.78, 5) is 31.8. The summed E-state index contributed by atoms with van der Waals surface area (Å²) in [7, 11) is 0. The van der Waals surface area contributed by atoms with Gasteiger partial charge in [-0.25, -0.2) is 0 Å². The summed E-state index contributed by atoms with van der Waals surface area (Å²) in [6.07, 6.45) is 4.07. The summed E-state index contributed by atoms with van der Waals surface area (Å²) in [5.41, 5.74) is 4.50. The number of Topliss-reactive ketones (excluding diaryl/α,β-unsaturated/α-hetero) is 2. The number of fused-ring (bicyclic) bond motifs is 1. The number of H-pyrrole nitrogens is 2. The van der Waals surface area contributed by atoms with Crippen LogP contribution < -0.4 is 0 Å². The highest BCUT2D eigenvalue weighted by Gasteiger charge is 2.28. The number of hydrogen-bond acceptors (Lipinski definition) is 6. The highest BCUT2D eigenvalue weighted by Crippen LogP contribution is 2.33. The highest BCUT2D eigenvalue weighted by molar-refractivity contribution is 8.00. The first kappa shape index (κ1) is 23.6. The van der Waals surface area contributed by atoms with E-state index in [0.717, 1.165) is 47.4 Å². The van der Waals surface area contributed by atoms with Crippen molar-refractivity contribution >= 4 is 34.2 Å². The van der Waals surface area contributed by atoms with E-state index < -0.39 is 5.25 Å². The number of rotatable bonds is 8. The fraction of sp³-hybridized carbons (Fsp3) is 0.385. The average molecular weight is 492 g/mol. The first-order chi connectivity index (χ1) is 16.8. The summed E-state index contributed by atoms with van der Waals surface area (Å²) in [6, 6.07) is 8.10. The van der Waals surface area contributed by atoms with Crippen LogP contribution in [0.4, 0.5) is 0 Å². The lowest BCUT2D eigenvalue weighted by Gasteiger charge is -2.16. The quantitative estimate of drug-likeness (QED) is 0.262. The fourth-order valence-corrected chi connectivity index (χ4v) is 5.84. The molecule has 1 fully saturated rings. The molecule has 1 aliphatic heterocycles. The Morgan fingerprint density at radius 3 is 2.77 bits per heavy atom. The SMILES string of the molecule is CC(=O)c1c(C)[nH]c(C(=O)[C@@H](C)Sc2nnc(-c3c[nH]c4ccccc34)n2C[C@@H]2CCCO2)c1C. The third-order valence-corrected chi connectivity index (χ3v) is 7.73. The minimum Gasteiger partial charge on any atom is -0.376 e. The van der Waals surface area contributed by atoms with E-state index in [0.29, 0.717) is 28.5 Å². The molecule has 1 aliphatic rings. The highest BCUT2D eigenvalue weighted by atomic mass is 32.2. The second-order valence-corrected chi connectivity index (χ2v) is 10.4. The van der Waals surface area contributed by atoms with Crippen LogP contribution in [0.15, 0.2) is 35.6 Å². The number of ether oxygens (including phenoxy) is 1. The molecule has 0 radical (unpaired) electrons. The van der Waals surface area contributed by atoms with Crippen LogP contribution >= 0.6 is 11.8 Å². The van der Waals surface area contributed by atoms with Crippen molar-refractivity contribution in [2.24, 2.45) is 0 Å². The largest absolute Gasteiger partial charge is 0.376 e. The van der Waals surface area contributed by atoms with Gasteiger partial charge >= 0.3 is 0 Å². The summed E-state index contributed by atoms with van der Waals surface area (Å²) in [5, 5.41) is 10.4. The molecule has 0 amide bonds. The van der Waals surface area contributed by atoms with Gasteiger partial charge in [-0.2, -0.15) is 0 Å². The number of aromatic amines is 2. The molecule has 1 aromatic carbocycles. The van der Waals surface area contributed by atoms with Crippen molar-refractivity contribution in [3.05, 3.63) is 53.0 Å². The Morgan fingerprint density at radius 1 is 1.26 bits per heavy atom. The molecule has 9 heteroatoms. The molecule has 4 heterocycles. The number of hydrogen-bond donors (Lipinski definition) is 2. The fourth-order valence-electron chi connectivity index (χ4n) is 4.93. The van der Waals surface area contributed by atoms with Crippen LogP contribution in [0.5, 0.6) is 0 Å². The lowest BCUT2D eigenvalue weighted by atomic mass is 10.0. The van der Waals surface area contributed by atoms with Crippen molar-refractivity contribution < 1.29 is 14.3 Å². The minimum absolute atomic E-state index is 0.0460. The molecule has 5 rings (SSSR count). The number of nitrogens with one attached hydrogen (secondary N) is 2. The first-order valence-corrected chi connectivity index (χ1v) is 12.7. The summed E-state index contributed by atoms with van der Waals surface area (Å²) in [5.74, 6) is 0.643. The van der Waals surface area contributed by atoms with Gasteiger partial charge in [0, 0.05) is 40.5 Å². The van der Waals surface area contributed by atoms with Gasteiger partial charge in [-0.05, 0) is 52.2 Å². The number of para-hydroxylation sites is 1. The number of benzene rings is 1. The lowest BCUT2D eigenvalue weighted by molar-refractivity contribution is 0.0953. The van der Waals surface area contributed by atoms with Gasteiger partial charge in [0.15, 0.2) is 22.5 Å². The maximum Gasteiger partial charge on any atom is 0.192 e. The molecule has 0 spiro atoms. The summed E-state index contributed by atoms with van der Waals surface area (Å²) in [6.45, 7) is 8.42. The average Bonchev–Trinajstić information content (AvgIpc) is 3.61. The third-order valence-electron chi connectivity index (χ3n) is 6.64. The Morgan fingerprint density at radius 2 is 2.06 bits per heavy atom. The van der Waals surface area contributed by atoms with Gasteiger partial charge in [0.25, 0.3) is 0 Å². The monoisotopic (exact) mass is 491 g/mol. The van der Waals surface area contributed by atoms with Gasteiger partial charge in [-0.1, -0.05) is 30.0 Å². The third kappa shape index (κ3) is 4.34. The zero-order valence-electron chi connectivity index (χ0n) is 20.3. The van der Waals surface area contributed by atoms with E-state index in [-0.39, 0.29) is 17.7 Å². The van der Waals surface area contributed by atoms with Crippen LogP contribution in [-0.2, 0) is 11.3 Å². The van der Waals surface area contributed by atoms with Crippen LogP contribution in [0.25, 0.3) is 22.3 Å². The molecular formula is C26H29N5O3S. The molecule has 4 aromatic rings. The smallest absolute Gasteiger partial charge is 0.192 e. The predicted octanol–water partition coefficient (Wildman–Crippen LogP) is 5.12. The standard InChI is InChI=1S/C26H29N5O3S/c1-14-22(16(3)32)15(2)28-23(14)24(33)17(4)35-26-30-29-25(31(26)13-18-8-7-11-34-18)20-12-27-21-10-6-5-9-19(20)21/h5-6,9-10,12,17-18,27-28H,7-8,11,13H2,1-4H3/t17-,18+/m1/s1. The molecule has 2 N–H and O–H groups in total. The Labute approximate surface area is 207 Å². The number of carbonyl (C=O) groups excluding carboxylic acids is 2. The molecule has 1 saturated heterocycles. The number of thioether (sulfide) groups is 1. The molecular weight excluding hydrogens is 462 g/mol. The number of aromatic nitrogens is 5. The van der Waals surface area contributed by atoms with Crippen LogP contribution in [0.1, 0.15) is 58.8 Å². The van der Waals surface area contributed by atoms with E-state index in [4.69, 9.17) is 4.74 Å². The Balaban J connectivity index is 1.48. The van der Waals surface area contributed by atoms with E-state index in [9.17, 15) is 9.59 Å². The van der Waals surface area contributed by atoms with Crippen molar-refractivity contribution in [3.8, 4) is 11.4 Å². The lowest BCUT2D eigenvalue weighted by Crippen LogP contribution is -2.19. The molecule has 0 bridgehead atoms. The molecule has 2 atom stereocenters. The first-order valence-electron chi connectivity index (χ1n) is 11.9. The molecule has 0 saturated carbocycles. The zero-order valence-corrected chi connectivity index (χ0v) is 21.2. The maximum atomic E-state index is 13.4. The van der Waals surface area contributed by atoms with E-state index in [1.54, 1.807) is 0 Å². The van der Waals surface area contributed by atoms with Crippen LogP contribution in [0.2, 0.25) is 0 Å². The predicted molar refractivity (Wildman–Crippen MR) is 136 cm³/mol. The van der Waals surface area contributed by atoms with Crippen molar-refractivity contribution in [1.29, 1.82) is 0 Å². The van der Waals surface area contributed by atoms with Crippen LogP contribution in [-0.4, -0.2) is 54.3 Å². The Hall–Kier alpha value is -3.17. The van der Waals surface area contributed by atoms with E-state index >= 15 is 0 Å². The van der Waals surface area contributed by atoms with Gasteiger partial charge in [-0.15, -0.1) is 10.2 Å². The molecule has 182 valence electrons. The zero-order chi connectivity index (χ0) is 24.7. The molecule has 35 heavy (non-hydrogen) atoms. The second-order valence-electron chi connectivity index (χ2n) is 9.11. The van der Waals surface area contributed by atoms with E-state index in [2.05, 4.69) is 30.8 Å². The number of aryl methyl sites for hydroxylation is 1. The molecule has 0 unspecified atom stereocenters. The van der Waals surface area contributed by atoms with Crippen molar-refractivity contribution in [2.75, 3.05) is 6.61 Å². The summed E-state index contributed by atoms with van der Waals surface area (Å²) < 4.78 is 8.00. The van der Waals surface area contributed by atoms with Gasteiger partial charge in [-0.3, -0.25) is 14.2 Å². The van der Waals surface area contributed by atoms with Crippen molar-refractivity contribution in [1.82, 2.24) is 24.7 Å². The summed E-state index contributed by atoms with van der Waals surface area (Å²) >= 11 is 1.38. The second kappa shape index (κ2) is 9.47. The maximum absolute atomic E-state index is 13.4. The molecule has 3 aromatic heterocycles. The van der Waals surface area contributed by atoms with Gasteiger partial charge in [0.1, 0.15) is 0 Å². The van der Waals surface area contributed by atoms with E-state index in [1.807, 2.05) is 45.2 Å². The van der Waals surface area contributed by atoms with E-state index in [1.165, 1.54) is 18.7 Å². The minimum atomic E-state index is -0.421. The number of ketones is 2. The van der Waals surface area contributed by atoms with Crippen molar-refractivity contribution in [3.63, 3.8) is 0 Å². The van der Waals surface area contributed by atoms with Gasteiger partial charge in [0.2, 0.25) is 0 Å². The topological polar surface area (TPSA) is 106 Å². The molecule has 8 nitrogen and oxygen atoms in total. The van der Waals surface area contributed by atoms with Crippen LogP contribution in [0.3, 0.4) is 0 Å². The van der Waals surface area contributed by atoms with Gasteiger partial charge in [0.05, 0.1) is 23.6 Å². The molecule has 0 aliphatic carbocycles.